The SMILES string of the molecule is NC(=O)N1CC2(CCN(F)CC2)c2c1cccc2C(F)(F)F. The van der Waals surface area contributed by atoms with Crippen LogP contribution < -0.4 is 10.6 Å². The fraction of sp³-hybridized carbons (Fsp3) is 0.500. The number of halogens is 4. The average molecular weight is 317 g/mol. The minimum Gasteiger partial charge on any atom is -0.351 e. The number of carbonyl (C=O) groups excluding carboxylic acids is 1. The van der Waals surface area contributed by atoms with E-state index < -0.39 is 23.2 Å². The maximum atomic E-state index is 13.4. The van der Waals surface area contributed by atoms with Crippen molar-refractivity contribution in [2.45, 2.75) is 24.4 Å². The summed E-state index contributed by atoms with van der Waals surface area (Å²) in [5, 5.41) is 0.591. The Bertz CT molecular complexity index is 609. The molecule has 22 heavy (non-hydrogen) atoms. The first-order valence-electron chi connectivity index (χ1n) is 6.93. The van der Waals surface area contributed by atoms with E-state index in [0.717, 1.165) is 6.07 Å². The Balaban J connectivity index is 2.17. The van der Waals surface area contributed by atoms with Gasteiger partial charge in [-0.3, -0.25) is 4.90 Å². The van der Waals surface area contributed by atoms with E-state index in [2.05, 4.69) is 0 Å². The first-order valence-corrected chi connectivity index (χ1v) is 6.93. The van der Waals surface area contributed by atoms with Crippen molar-refractivity contribution in [2.24, 2.45) is 5.73 Å². The zero-order valence-corrected chi connectivity index (χ0v) is 11.7. The van der Waals surface area contributed by atoms with Crippen LogP contribution in [0.2, 0.25) is 0 Å². The number of nitrogens with two attached hydrogens (primary N) is 1. The van der Waals surface area contributed by atoms with E-state index in [1.807, 2.05) is 0 Å². The summed E-state index contributed by atoms with van der Waals surface area (Å²) in [6.45, 7) is 0.148. The molecule has 2 heterocycles. The normalized spacial score (nSPS) is 21.2. The van der Waals surface area contributed by atoms with Gasteiger partial charge in [0.1, 0.15) is 0 Å². The minimum atomic E-state index is -4.53. The molecule has 2 aliphatic heterocycles. The number of hydrogen-bond donors (Lipinski definition) is 1. The maximum Gasteiger partial charge on any atom is 0.416 e. The Kier molecular flexibility index (Phi) is 3.32. The summed E-state index contributed by atoms with van der Waals surface area (Å²) in [5.74, 6) is 0. The van der Waals surface area contributed by atoms with Crippen molar-refractivity contribution in [3.63, 3.8) is 0 Å². The topological polar surface area (TPSA) is 49.6 Å². The van der Waals surface area contributed by atoms with E-state index in [0.29, 0.717) is 5.12 Å². The molecule has 1 saturated heterocycles. The number of nitrogens with zero attached hydrogens (tertiary/aromatic N) is 2. The smallest absolute Gasteiger partial charge is 0.351 e. The van der Waals surface area contributed by atoms with E-state index >= 15 is 0 Å². The molecular formula is C14H15F4N3O. The summed E-state index contributed by atoms with van der Waals surface area (Å²) >= 11 is 0. The third kappa shape index (κ3) is 2.22. The van der Waals surface area contributed by atoms with Gasteiger partial charge in [0.05, 0.1) is 5.56 Å². The third-order valence-electron chi connectivity index (χ3n) is 4.56. The summed E-state index contributed by atoms with van der Waals surface area (Å²) in [6, 6.07) is 2.94. The Morgan fingerprint density at radius 2 is 1.86 bits per heavy atom. The molecule has 4 nitrogen and oxygen atoms in total. The number of anilines is 1. The molecule has 3 rings (SSSR count). The number of alkyl halides is 3. The van der Waals surface area contributed by atoms with Crippen molar-refractivity contribution in [2.75, 3.05) is 24.5 Å². The molecular weight excluding hydrogens is 302 g/mol. The lowest BCUT2D eigenvalue weighted by Gasteiger charge is -2.37. The van der Waals surface area contributed by atoms with Gasteiger partial charge in [0.25, 0.3) is 0 Å². The van der Waals surface area contributed by atoms with Gasteiger partial charge in [-0.15, -0.1) is 9.60 Å². The first kappa shape index (κ1) is 15.1. The number of rotatable bonds is 0. The number of fused-ring (bicyclic) bond motifs is 2. The van der Waals surface area contributed by atoms with Crippen LogP contribution in [0.15, 0.2) is 18.2 Å². The van der Waals surface area contributed by atoms with Crippen LogP contribution in [0.25, 0.3) is 0 Å². The van der Waals surface area contributed by atoms with Crippen LogP contribution in [0.5, 0.6) is 0 Å². The fourth-order valence-corrected chi connectivity index (χ4v) is 3.54. The molecule has 2 amide bonds. The summed E-state index contributed by atoms with van der Waals surface area (Å²) in [4.78, 5) is 12.8. The highest BCUT2D eigenvalue weighted by Crippen LogP contribution is 2.51. The van der Waals surface area contributed by atoms with E-state index in [1.54, 1.807) is 0 Å². The highest BCUT2D eigenvalue weighted by atomic mass is 19.4. The quantitative estimate of drug-likeness (QED) is 0.591. The van der Waals surface area contributed by atoms with Crippen LogP contribution in [0, 0.1) is 0 Å². The van der Waals surface area contributed by atoms with Crippen molar-refractivity contribution in [1.82, 2.24) is 5.12 Å². The Morgan fingerprint density at radius 3 is 2.41 bits per heavy atom. The van der Waals surface area contributed by atoms with Gasteiger partial charge < -0.3 is 5.73 Å². The van der Waals surface area contributed by atoms with Crippen LogP contribution in [0.4, 0.5) is 28.1 Å². The van der Waals surface area contributed by atoms with E-state index in [9.17, 15) is 22.4 Å². The van der Waals surface area contributed by atoms with Crippen molar-refractivity contribution < 1.29 is 22.4 Å². The van der Waals surface area contributed by atoms with Gasteiger partial charge in [-0.05, 0) is 30.5 Å². The highest BCUT2D eigenvalue weighted by Gasteiger charge is 2.51. The summed E-state index contributed by atoms with van der Waals surface area (Å²) in [7, 11) is 0. The predicted octanol–water partition coefficient (Wildman–Crippen LogP) is 2.82. The molecule has 0 atom stereocenters. The van der Waals surface area contributed by atoms with Gasteiger partial charge in [0.2, 0.25) is 0 Å². The van der Waals surface area contributed by atoms with E-state index in [1.165, 1.54) is 17.0 Å². The molecule has 2 aliphatic rings. The van der Waals surface area contributed by atoms with Gasteiger partial charge in [-0.2, -0.15) is 13.2 Å². The highest BCUT2D eigenvalue weighted by molar-refractivity contribution is 5.94. The molecule has 1 aromatic rings. The molecule has 0 radical (unpaired) electrons. The predicted molar refractivity (Wildman–Crippen MR) is 72.0 cm³/mol. The summed E-state index contributed by atoms with van der Waals surface area (Å²) in [6.07, 6.45) is -4.10. The molecule has 0 bridgehead atoms. The van der Waals surface area contributed by atoms with Gasteiger partial charge >= 0.3 is 12.2 Å². The number of amides is 2. The molecule has 1 spiro atoms. The molecule has 0 saturated carbocycles. The van der Waals surface area contributed by atoms with Crippen molar-refractivity contribution >= 4 is 11.7 Å². The van der Waals surface area contributed by atoms with Crippen molar-refractivity contribution in [1.29, 1.82) is 0 Å². The van der Waals surface area contributed by atoms with Crippen molar-refractivity contribution in [3.8, 4) is 0 Å². The third-order valence-corrected chi connectivity index (χ3v) is 4.56. The number of carbonyl (C=O) groups is 1. The number of primary amides is 1. The van der Waals surface area contributed by atoms with Crippen LogP contribution in [0.1, 0.15) is 24.0 Å². The number of piperidine rings is 1. The number of hydrogen-bond acceptors (Lipinski definition) is 2. The van der Waals surface area contributed by atoms with E-state index in [4.69, 9.17) is 5.73 Å². The first-order chi connectivity index (χ1) is 10.2. The monoisotopic (exact) mass is 317 g/mol. The Labute approximate surface area is 124 Å². The fourth-order valence-electron chi connectivity index (χ4n) is 3.54. The van der Waals surface area contributed by atoms with Gasteiger partial charge in [0.15, 0.2) is 0 Å². The number of benzene rings is 1. The van der Waals surface area contributed by atoms with Crippen LogP contribution in [-0.2, 0) is 11.6 Å². The molecule has 8 heteroatoms. The van der Waals surface area contributed by atoms with Gasteiger partial charge in [-0.1, -0.05) is 6.07 Å². The molecule has 0 aromatic heterocycles. The second kappa shape index (κ2) is 4.84. The maximum absolute atomic E-state index is 13.4. The zero-order chi connectivity index (χ0) is 16.1. The molecule has 0 unspecified atom stereocenters. The summed E-state index contributed by atoms with van der Waals surface area (Å²) in [5.41, 5.74) is 3.93. The lowest BCUT2D eigenvalue weighted by molar-refractivity contribution is -0.139. The Hall–Kier alpha value is -1.83. The zero-order valence-electron chi connectivity index (χ0n) is 11.7. The Morgan fingerprint density at radius 1 is 1.23 bits per heavy atom. The second-order valence-corrected chi connectivity index (χ2v) is 5.81. The average Bonchev–Trinajstić information content (AvgIpc) is 2.77. The molecule has 0 aliphatic carbocycles. The van der Waals surface area contributed by atoms with Gasteiger partial charge in [0, 0.05) is 30.7 Å². The summed E-state index contributed by atoms with van der Waals surface area (Å²) < 4.78 is 53.4. The molecule has 2 N–H and O–H groups in total. The van der Waals surface area contributed by atoms with Crippen LogP contribution in [-0.4, -0.2) is 30.8 Å². The number of urea groups is 1. The van der Waals surface area contributed by atoms with Crippen LogP contribution in [0.3, 0.4) is 0 Å². The standard InChI is InChI=1S/C14H15F4N3O/c15-14(16,17)9-2-1-3-10-11(9)13(8-21(10)12(19)22)4-6-20(18)7-5-13/h1-3H,4-8H2,(H2,19,22). The minimum absolute atomic E-state index is 0.0399. The lowest BCUT2D eigenvalue weighted by atomic mass is 9.73. The molecule has 1 aromatic carbocycles. The van der Waals surface area contributed by atoms with Crippen LogP contribution >= 0.6 is 0 Å². The molecule has 1 fully saturated rings. The molecule has 120 valence electrons. The largest absolute Gasteiger partial charge is 0.416 e. The van der Waals surface area contributed by atoms with Gasteiger partial charge in [-0.25, -0.2) is 4.79 Å². The van der Waals surface area contributed by atoms with Crippen molar-refractivity contribution in [3.05, 3.63) is 29.3 Å². The lowest BCUT2D eigenvalue weighted by Crippen LogP contribution is -2.45. The second-order valence-electron chi connectivity index (χ2n) is 5.81. The van der Waals surface area contributed by atoms with E-state index in [-0.39, 0.29) is 43.7 Å².